The zero-order valence-electron chi connectivity index (χ0n) is 11.8. The molecule has 0 bridgehead atoms. The number of aromatic amines is 1. The summed E-state index contributed by atoms with van der Waals surface area (Å²) in [6.45, 7) is 2.24. The molecule has 1 aromatic heterocycles. The maximum absolute atomic E-state index is 11.9. The summed E-state index contributed by atoms with van der Waals surface area (Å²) in [6.07, 6.45) is 0.383. The van der Waals surface area contributed by atoms with Gasteiger partial charge in [0, 0.05) is 13.2 Å². The summed E-state index contributed by atoms with van der Waals surface area (Å²) in [6, 6.07) is 11.7. The van der Waals surface area contributed by atoms with Crippen molar-refractivity contribution in [2.24, 2.45) is 0 Å². The molecule has 0 saturated carbocycles. The first-order chi connectivity index (χ1) is 10.2. The smallest absolute Gasteiger partial charge is 0.267 e. The maximum atomic E-state index is 11.9. The SMILES string of the molecule is Cc1c(CCO)c(NCc2ccccc2)[nH]c(=O)c1C#N. The lowest BCUT2D eigenvalue weighted by Gasteiger charge is -2.14. The number of hydrogen-bond acceptors (Lipinski definition) is 4. The Labute approximate surface area is 122 Å². The van der Waals surface area contributed by atoms with Crippen molar-refractivity contribution in [3.8, 4) is 6.07 Å². The second-order valence-corrected chi connectivity index (χ2v) is 4.73. The minimum absolute atomic E-state index is 0.0439. The summed E-state index contributed by atoms with van der Waals surface area (Å²) in [4.78, 5) is 14.6. The van der Waals surface area contributed by atoms with Crippen molar-refractivity contribution in [3.05, 3.63) is 62.9 Å². The van der Waals surface area contributed by atoms with Gasteiger partial charge in [0.25, 0.3) is 5.56 Å². The van der Waals surface area contributed by atoms with Crippen molar-refractivity contribution in [3.63, 3.8) is 0 Å². The van der Waals surface area contributed by atoms with Crippen LogP contribution in [0, 0.1) is 18.3 Å². The van der Waals surface area contributed by atoms with Crippen LogP contribution in [0.25, 0.3) is 0 Å². The molecule has 5 heteroatoms. The number of aliphatic hydroxyl groups excluding tert-OH is 1. The van der Waals surface area contributed by atoms with Crippen LogP contribution in [0.2, 0.25) is 0 Å². The van der Waals surface area contributed by atoms with Gasteiger partial charge >= 0.3 is 0 Å². The number of benzene rings is 1. The number of aliphatic hydroxyl groups is 1. The van der Waals surface area contributed by atoms with E-state index in [4.69, 9.17) is 5.26 Å². The Morgan fingerprint density at radius 1 is 1.33 bits per heavy atom. The quantitative estimate of drug-likeness (QED) is 0.779. The van der Waals surface area contributed by atoms with Crippen molar-refractivity contribution in [2.75, 3.05) is 11.9 Å². The molecule has 1 heterocycles. The van der Waals surface area contributed by atoms with Crippen molar-refractivity contribution in [2.45, 2.75) is 19.9 Å². The summed E-state index contributed by atoms with van der Waals surface area (Å²) < 4.78 is 0. The van der Waals surface area contributed by atoms with E-state index in [0.29, 0.717) is 24.3 Å². The van der Waals surface area contributed by atoms with Gasteiger partial charge in [-0.15, -0.1) is 0 Å². The van der Waals surface area contributed by atoms with Gasteiger partial charge in [0.2, 0.25) is 0 Å². The fourth-order valence-electron chi connectivity index (χ4n) is 2.26. The summed E-state index contributed by atoms with van der Waals surface area (Å²) >= 11 is 0. The molecule has 5 nitrogen and oxygen atoms in total. The van der Waals surface area contributed by atoms with E-state index < -0.39 is 5.56 Å². The Morgan fingerprint density at radius 3 is 2.67 bits per heavy atom. The highest BCUT2D eigenvalue weighted by Gasteiger charge is 2.13. The summed E-state index contributed by atoms with van der Waals surface area (Å²) in [5.41, 5.74) is 2.15. The van der Waals surface area contributed by atoms with E-state index in [0.717, 1.165) is 11.1 Å². The highest BCUT2D eigenvalue weighted by molar-refractivity contribution is 5.54. The Hall–Kier alpha value is -2.58. The summed E-state index contributed by atoms with van der Waals surface area (Å²) in [5.74, 6) is 0.564. The van der Waals surface area contributed by atoms with Gasteiger partial charge in [-0.25, -0.2) is 0 Å². The van der Waals surface area contributed by atoms with Crippen LogP contribution in [-0.2, 0) is 13.0 Å². The van der Waals surface area contributed by atoms with Gasteiger partial charge in [-0.05, 0) is 30.0 Å². The Kier molecular flexibility index (Phi) is 4.75. The number of aromatic nitrogens is 1. The normalized spacial score (nSPS) is 10.1. The first kappa shape index (κ1) is 14.8. The molecule has 0 radical (unpaired) electrons. The van der Waals surface area contributed by atoms with Crippen LogP contribution in [-0.4, -0.2) is 16.7 Å². The van der Waals surface area contributed by atoms with Gasteiger partial charge in [0.15, 0.2) is 0 Å². The fourth-order valence-corrected chi connectivity index (χ4v) is 2.26. The average Bonchev–Trinajstić information content (AvgIpc) is 2.50. The van der Waals surface area contributed by atoms with Crippen LogP contribution >= 0.6 is 0 Å². The van der Waals surface area contributed by atoms with E-state index in [1.807, 2.05) is 36.4 Å². The van der Waals surface area contributed by atoms with Crippen molar-refractivity contribution < 1.29 is 5.11 Å². The summed E-state index contributed by atoms with van der Waals surface area (Å²) in [7, 11) is 0. The first-order valence-corrected chi connectivity index (χ1v) is 6.72. The Bertz CT molecular complexity index is 715. The van der Waals surface area contributed by atoms with Crippen LogP contribution in [0.3, 0.4) is 0 Å². The molecule has 0 aliphatic carbocycles. The molecular formula is C16H17N3O2. The van der Waals surface area contributed by atoms with E-state index in [9.17, 15) is 9.90 Å². The molecule has 0 aliphatic rings. The molecule has 2 rings (SSSR count). The molecule has 0 spiro atoms. The second-order valence-electron chi connectivity index (χ2n) is 4.73. The zero-order valence-corrected chi connectivity index (χ0v) is 11.8. The van der Waals surface area contributed by atoms with Gasteiger partial charge in [0.1, 0.15) is 17.5 Å². The van der Waals surface area contributed by atoms with Crippen molar-refractivity contribution in [1.29, 1.82) is 5.26 Å². The van der Waals surface area contributed by atoms with Crippen LogP contribution in [0.15, 0.2) is 35.1 Å². The molecule has 1 aromatic carbocycles. The largest absolute Gasteiger partial charge is 0.396 e. The number of hydrogen-bond donors (Lipinski definition) is 3. The lowest BCUT2D eigenvalue weighted by Crippen LogP contribution is -2.19. The molecule has 0 amide bonds. The third kappa shape index (κ3) is 3.30. The molecular weight excluding hydrogens is 266 g/mol. The molecule has 108 valence electrons. The minimum Gasteiger partial charge on any atom is -0.396 e. The average molecular weight is 283 g/mol. The number of rotatable bonds is 5. The van der Waals surface area contributed by atoms with Crippen LogP contribution < -0.4 is 10.9 Å². The maximum Gasteiger partial charge on any atom is 0.267 e. The van der Waals surface area contributed by atoms with Crippen LogP contribution in [0.1, 0.15) is 22.3 Å². The molecule has 0 saturated heterocycles. The van der Waals surface area contributed by atoms with E-state index in [2.05, 4.69) is 10.3 Å². The standard InChI is InChI=1S/C16H17N3O2/c1-11-13(7-8-20)15(19-16(21)14(11)9-17)18-10-12-5-3-2-4-6-12/h2-6,20H,7-8,10H2,1H3,(H2,18,19,21). The molecule has 0 atom stereocenters. The second kappa shape index (κ2) is 6.73. The van der Waals surface area contributed by atoms with E-state index in [1.54, 1.807) is 6.92 Å². The van der Waals surface area contributed by atoms with Gasteiger partial charge in [-0.2, -0.15) is 5.26 Å². The Balaban J connectivity index is 2.34. The monoisotopic (exact) mass is 283 g/mol. The topological polar surface area (TPSA) is 88.9 Å². The third-order valence-corrected chi connectivity index (χ3v) is 3.38. The first-order valence-electron chi connectivity index (χ1n) is 6.72. The zero-order chi connectivity index (χ0) is 15.2. The van der Waals surface area contributed by atoms with Gasteiger partial charge < -0.3 is 15.4 Å². The number of pyridine rings is 1. The Morgan fingerprint density at radius 2 is 2.05 bits per heavy atom. The van der Waals surface area contributed by atoms with E-state index in [1.165, 1.54) is 0 Å². The van der Waals surface area contributed by atoms with Crippen LogP contribution in [0.5, 0.6) is 0 Å². The lowest BCUT2D eigenvalue weighted by atomic mass is 10.0. The molecule has 0 unspecified atom stereocenters. The van der Waals surface area contributed by atoms with E-state index in [-0.39, 0.29) is 12.2 Å². The summed E-state index contributed by atoms with van der Waals surface area (Å²) in [5, 5.41) is 21.4. The minimum atomic E-state index is -0.410. The molecule has 21 heavy (non-hydrogen) atoms. The number of nitriles is 1. The van der Waals surface area contributed by atoms with Crippen LogP contribution in [0.4, 0.5) is 5.82 Å². The van der Waals surface area contributed by atoms with Crippen molar-refractivity contribution in [1.82, 2.24) is 4.98 Å². The third-order valence-electron chi connectivity index (χ3n) is 3.38. The molecule has 2 aromatic rings. The molecule has 3 N–H and O–H groups in total. The lowest BCUT2D eigenvalue weighted by molar-refractivity contribution is 0.299. The van der Waals surface area contributed by atoms with Gasteiger partial charge in [-0.3, -0.25) is 4.79 Å². The highest BCUT2D eigenvalue weighted by Crippen LogP contribution is 2.19. The number of H-pyrrole nitrogens is 1. The van der Waals surface area contributed by atoms with E-state index >= 15 is 0 Å². The van der Waals surface area contributed by atoms with Crippen molar-refractivity contribution >= 4 is 5.82 Å². The predicted molar refractivity (Wildman–Crippen MR) is 81.1 cm³/mol. The van der Waals surface area contributed by atoms with Gasteiger partial charge in [0.05, 0.1) is 0 Å². The number of nitrogens with zero attached hydrogens (tertiary/aromatic N) is 1. The predicted octanol–water partition coefficient (Wildman–Crippen LogP) is 1.70. The fraction of sp³-hybridized carbons (Fsp3) is 0.250. The number of nitrogens with one attached hydrogen (secondary N) is 2. The number of anilines is 1. The van der Waals surface area contributed by atoms with Gasteiger partial charge in [-0.1, -0.05) is 30.3 Å². The highest BCUT2D eigenvalue weighted by atomic mass is 16.3. The molecule has 0 fully saturated rings. The molecule has 0 aliphatic heterocycles.